The molecule has 2 heterocycles. The number of fused-ring (bicyclic) bond motifs is 1. The quantitative estimate of drug-likeness (QED) is 0.195. The number of methoxy groups -OCH3 is 1. The third-order valence-electron chi connectivity index (χ3n) is 7.98. The van der Waals surface area contributed by atoms with Gasteiger partial charge in [-0.3, -0.25) is 0 Å². The van der Waals surface area contributed by atoms with E-state index in [0.29, 0.717) is 13.2 Å². The van der Waals surface area contributed by atoms with Gasteiger partial charge in [0.05, 0.1) is 23.2 Å². The molecule has 0 aliphatic carbocycles. The minimum atomic E-state index is -0.761. The monoisotopic (exact) mass is 582 g/mol. The molecule has 0 amide bonds. The number of benzene rings is 4. The maximum absolute atomic E-state index is 6.87. The molecule has 2 fully saturated rings. The summed E-state index contributed by atoms with van der Waals surface area (Å²) >= 11 is 1.81. The van der Waals surface area contributed by atoms with Gasteiger partial charge in [-0.25, -0.2) is 0 Å². The highest BCUT2D eigenvalue weighted by molar-refractivity contribution is 8.01. The highest BCUT2D eigenvalue weighted by atomic mass is 32.2. The van der Waals surface area contributed by atoms with Crippen LogP contribution in [-0.4, -0.2) is 49.4 Å². The number of hydrogen-bond acceptors (Lipinski definition) is 6. The second-order valence-corrected chi connectivity index (χ2v) is 12.6. The van der Waals surface area contributed by atoms with E-state index in [4.69, 9.17) is 23.7 Å². The first-order valence-electron chi connectivity index (χ1n) is 14.5. The minimum Gasteiger partial charge on any atom is -0.369 e. The molecule has 2 aliphatic heterocycles. The van der Waals surface area contributed by atoms with Crippen molar-refractivity contribution < 1.29 is 23.7 Å². The van der Waals surface area contributed by atoms with E-state index < -0.39 is 16.8 Å². The van der Waals surface area contributed by atoms with Gasteiger partial charge in [0.2, 0.25) is 0 Å². The van der Waals surface area contributed by atoms with Crippen LogP contribution in [0, 0.1) is 0 Å². The zero-order valence-corrected chi connectivity index (χ0v) is 25.1. The maximum atomic E-state index is 6.87. The second kappa shape index (κ2) is 12.7. The van der Waals surface area contributed by atoms with Crippen molar-refractivity contribution in [2.24, 2.45) is 0 Å². The fourth-order valence-electron chi connectivity index (χ4n) is 6.00. The lowest BCUT2D eigenvalue weighted by Gasteiger charge is -2.52. The maximum Gasteiger partial charge on any atom is 0.172 e. The molecule has 0 N–H and O–H groups in total. The second-order valence-electron chi connectivity index (χ2n) is 11.2. The Hall–Kier alpha value is -2.97. The minimum absolute atomic E-state index is 0.255. The summed E-state index contributed by atoms with van der Waals surface area (Å²) in [6.45, 7) is 4.75. The predicted molar refractivity (Wildman–Crippen MR) is 166 cm³/mol. The molecule has 4 aromatic carbocycles. The Labute approximate surface area is 253 Å². The van der Waals surface area contributed by atoms with E-state index in [1.165, 1.54) is 16.7 Å². The molecule has 4 aromatic rings. The number of ether oxygens (including phenoxy) is 5. The summed E-state index contributed by atoms with van der Waals surface area (Å²) in [5, 5.41) is -0.255. The van der Waals surface area contributed by atoms with E-state index in [2.05, 4.69) is 103 Å². The van der Waals surface area contributed by atoms with Crippen molar-refractivity contribution in [3.05, 3.63) is 144 Å². The van der Waals surface area contributed by atoms with Gasteiger partial charge in [0.15, 0.2) is 12.1 Å². The highest BCUT2D eigenvalue weighted by Gasteiger charge is 2.55. The van der Waals surface area contributed by atoms with Crippen molar-refractivity contribution in [1.29, 1.82) is 0 Å². The van der Waals surface area contributed by atoms with Crippen molar-refractivity contribution in [2.75, 3.05) is 13.7 Å². The lowest BCUT2D eigenvalue weighted by Crippen LogP contribution is -2.65. The molecule has 2 saturated heterocycles. The summed E-state index contributed by atoms with van der Waals surface area (Å²) in [6.07, 6.45) is -1.57. The van der Waals surface area contributed by atoms with Crippen LogP contribution in [0.3, 0.4) is 0 Å². The van der Waals surface area contributed by atoms with Crippen molar-refractivity contribution >= 4 is 11.8 Å². The standard InChI is InChI=1S/C36H38O5S/c1-35(2)39-25-30-31(41-35)32(38-24-26-16-8-4-9-17-26)33(34(37-3)40-30)42-36(27-18-10-5-11-19-27,28-20-12-6-13-21-28)29-22-14-7-15-23-29/h4-23,30-34H,24-25H2,1-3H3/t30-,31-,32+,33-,34-/m1/s1. The SMILES string of the molecule is CO[C@@H]1O[C@@H]2COC(C)(C)O[C@H]2[C@H](OCc2ccccc2)[C@H]1SC(c1ccccc1)(c1ccccc1)c1ccccc1. The first-order chi connectivity index (χ1) is 20.5. The van der Waals surface area contributed by atoms with Gasteiger partial charge in [-0.2, -0.15) is 0 Å². The summed E-state index contributed by atoms with van der Waals surface area (Å²) in [7, 11) is 1.70. The molecule has 0 aromatic heterocycles. The van der Waals surface area contributed by atoms with Crippen molar-refractivity contribution in [2.45, 2.75) is 60.8 Å². The average Bonchev–Trinajstić information content (AvgIpc) is 3.04. The number of hydrogen-bond donors (Lipinski definition) is 0. The Morgan fingerprint density at radius 2 is 1.26 bits per heavy atom. The van der Waals surface area contributed by atoms with Crippen molar-refractivity contribution in [3.8, 4) is 0 Å². The van der Waals surface area contributed by atoms with Gasteiger partial charge < -0.3 is 23.7 Å². The predicted octanol–water partition coefficient (Wildman–Crippen LogP) is 7.19. The molecule has 42 heavy (non-hydrogen) atoms. The van der Waals surface area contributed by atoms with E-state index in [0.717, 1.165) is 5.56 Å². The molecule has 218 valence electrons. The molecule has 0 unspecified atom stereocenters. The van der Waals surface area contributed by atoms with E-state index in [-0.39, 0.29) is 23.6 Å². The van der Waals surface area contributed by atoms with Crippen LogP contribution in [0.2, 0.25) is 0 Å². The van der Waals surface area contributed by atoms with Crippen LogP contribution in [0.1, 0.15) is 36.1 Å². The third kappa shape index (κ3) is 5.93. The van der Waals surface area contributed by atoms with Crippen LogP contribution in [0.15, 0.2) is 121 Å². The lowest BCUT2D eigenvalue weighted by atomic mass is 9.84. The van der Waals surface area contributed by atoms with Gasteiger partial charge in [-0.1, -0.05) is 121 Å². The molecular formula is C36H38O5S. The third-order valence-corrected chi connectivity index (χ3v) is 9.80. The zero-order chi connectivity index (χ0) is 29.0. The Morgan fingerprint density at radius 3 is 1.76 bits per heavy atom. The average molecular weight is 583 g/mol. The Morgan fingerprint density at radius 1 is 0.762 bits per heavy atom. The highest BCUT2D eigenvalue weighted by Crippen LogP contribution is 2.53. The number of thioether (sulfide) groups is 1. The Balaban J connectivity index is 1.49. The zero-order valence-electron chi connectivity index (χ0n) is 24.3. The summed E-state index contributed by atoms with van der Waals surface area (Å²) in [6, 6.07) is 42.3. The van der Waals surface area contributed by atoms with Gasteiger partial charge >= 0.3 is 0 Å². The number of rotatable bonds is 9. The van der Waals surface area contributed by atoms with Gasteiger partial charge in [-0.15, -0.1) is 11.8 Å². The Bertz CT molecular complexity index is 1300. The molecule has 6 heteroatoms. The summed E-state index contributed by atoms with van der Waals surface area (Å²) in [4.78, 5) is 0. The van der Waals surface area contributed by atoms with E-state index in [1.807, 2.05) is 43.8 Å². The fourth-order valence-corrected chi connectivity index (χ4v) is 7.88. The lowest BCUT2D eigenvalue weighted by molar-refractivity contribution is -0.363. The van der Waals surface area contributed by atoms with Crippen LogP contribution >= 0.6 is 11.8 Å². The molecule has 0 spiro atoms. The molecule has 5 nitrogen and oxygen atoms in total. The Kier molecular flexibility index (Phi) is 8.82. The summed E-state index contributed by atoms with van der Waals surface area (Å²) < 4.78 is 31.6. The topological polar surface area (TPSA) is 46.2 Å². The van der Waals surface area contributed by atoms with E-state index >= 15 is 0 Å². The molecule has 5 atom stereocenters. The summed E-state index contributed by atoms with van der Waals surface area (Å²) in [5.74, 6) is -0.761. The molecular weight excluding hydrogens is 544 g/mol. The van der Waals surface area contributed by atoms with Crippen molar-refractivity contribution in [1.82, 2.24) is 0 Å². The normalized spacial score (nSPS) is 25.5. The smallest absolute Gasteiger partial charge is 0.172 e. The molecule has 0 bridgehead atoms. The van der Waals surface area contributed by atoms with Crippen LogP contribution < -0.4 is 0 Å². The van der Waals surface area contributed by atoms with Crippen LogP contribution in [0.25, 0.3) is 0 Å². The molecule has 0 radical (unpaired) electrons. The van der Waals surface area contributed by atoms with Crippen LogP contribution in [0.4, 0.5) is 0 Å². The summed E-state index contributed by atoms with van der Waals surface area (Å²) in [5.41, 5.74) is 4.60. The first-order valence-corrected chi connectivity index (χ1v) is 15.4. The van der Waals surface area contributed by atoms with Gasteiger partial charge in [0, 0.05) is 7.11 Å². The first kappa shape index (κ1) is 29.1. The molecule has 6 rings (SSSR count). The van der Waals surface area contributed by atoms with E-state index in [1.54, 1.807) is 7.11 Å². The molecule has 0 saturated carbocycles. The van der Waals surface area contributed by atoms with Crippen molar-refractivity contribution in [3.63, 3.8) is 0 Å². The van der Waals surface area contributed by atoms with Gasteiger partial charge in [-0.05, 0) is 36.1 Å². The van der Waals surface area contributed by atoms with Gasteiger partial charge in [0.25, 0.3) is 0 Å². The van der Waals surface area contributed by atoms with Gasteiger partial charge in [0.1, 0.15) is 18.3 Å². The van der Waals surface area contributed by atoms with Crippen LogP contribution in [-0.2, 0) is 35.0 Å². The van der Waals surface area contributed by atoms with E-state index in [9.17, 15) is 0 Å². The largest absolute Gasteiger partial charge is 0.369 e. The molecule has 2 aliphatic rings. The van der Waals surface area contributed by atoms with Crippen LogP contribution in [0.5, 0.6) is 0 Å². The fraction of sp³-hybridized carbons (Fsp3) is 0.333.